The summed E-state index contributed by atoms with van der Waals surface area (Å²) in [5, 5.41) is 1.86. The van der Waals surface area contributed by atoms with Crippen LogP contribution in [0.25, 0.3) is 0 Å². The minimum Gasteiger partial charge on any atom is -0.354 e. The summed E-state index contributed by atoms with van der Waals surface area (Å²) in [6, 6.07) is 4.06. The molecule has 0 aliphatic carbocycles. The van der Waals surface area contributed by atoms with Gasteiger partial charge in [-0.05, 0) is 18.6 Å². The van der Waals surface area contributed by atoms with Gasteiger partial charge >= 0.3 is 0 Å². The lowest BCUT2D eigenvalue weighted by molar-refractivity contribution is 0.265. The summed E-state index contributed by atoms with van der Waals surface area (Å²) in [7, 11) is 0. The summed E-state index contributed by atoms with van der Waals surface area (Å²) >= 11 is 0. The fraction of sp³-hybridized carbons (Fsp3) is 0.500. The number of hydrogen-bond donors (Lipinski definition) is 1. The summed E-state index contributed by atoms with van der Waals surface area (Å²) in [6.45, 7) is 5.85. The fourth-order valence-electron chi connectivity index (χ4n) is 1.74. The van der Waals surface area contributed by atoms with Crippen LogP contribution in [0.15, 0.2) is 18.3 Å². The molecular weight excluding hydrogens is 176 g/mol. The van der Waals surface area contributed by atoms with Crippen molar-refractivity contribution in [2.45, 2.75) is 6.92 Å². The number of pyridine rings is 1. The van der Waals surface area contributed by atoms with Crippen LogP contribution in [-0.4, -0.2) is 36.2 Å². The zero-order valence-electron chi connectivity index (χ0n) is 8.48. The van der Waals surface area contributed by atoms with Crippen LogP contribution < -0.4 is 10.7 Å². The van der Waals surface area contributed by atoms with E-state index in [0.29, 0.717) is 0 Å². The Morgan fingerprint density at radius 2 is 2.00 bits per heavy atom. The van der Waals surface area contributed by atoms with Gasteiger partial charge in [-0.3, -0.25) is 5.84 Å². The number of piperazine rings is 1. The summed E-state index contributed by atoms with van der Waals surface area (Å²) < 4.78 is 0. The molecule has 1 saturated heterocycles. The lowest BCUT2D eigenvalue weighted by Crippen LogP contribution is -2.49. The van der Waals surface area contributed by atoms with Gasteiger partial charge in [0.25, 0.3) is 0 Å². The Hall–Kier alpha value is -1.13. The average Bonchev–Trinajstić information content (AvgIpc) is 2.20. The van der Waals surface area contributed by atoms with Crippen LogP contribution in [0.4, 0.5) is 5.82 Å². The van der Waals surface area contributed by atoms with Crippen LogP contribution in [0.2, 0.25) is 0 Å². The van der Waals surface area contributed by atoms with Gasteiger partial charge in [0.2, 0.25) is 0 Å². The predicted octanol–water partition coefficient (Wildman–Crippen LogP) is 0.386. The quantitative estimate of drug-likeness (QED) is 0.654. The molecule has 2 N–H and O–H groups in total. The molecule has 1 fully saturated rings. The summed E-state index contributed by atoms with van der Waals surface area (Å²) in [6.07, 6.45) is 1.84. The van der Waals surface area contributed by atoms with Crippen molar-refractivity contribution in [3.63, 3.8) is 0 Å². The summed E-state index contributed by atoms with van der Waals surface area (Å²) in [4.78, 5) is 6.68. The van der Waals surface area contributed by atoms with Crippen molar-refractivity contribution in [2.75, 3.05) is 31.1 Å². The summed E-state index contributed by atoms with van der Waals surface area (Å²) in [5.74, 6) is 6.80. The van der Waals surface area contributed by atoms with Crippen molar-refractivity contribution >= 4 is 5.82 Å². The molecule has 1 aliphatic rings. The van der Waals surface area contributed by atoms with Crippen molar-refractivity contribution in [1.29, 1.82) is 0 Å². The largest absolute Gasteiger partial charge is 0.354 e. The van der Waals surface area contributed by atoms with Gasteiger partial charge in [-0.2, -0.15) is 0 Å². The highest BCUT2D eigenvalue weighted by molar-refractivity contribution is 5.46. The van der Waals surface area contributed by atoms with Gasteiger partial charge < -0.3 is 4.90 Å². The molecule has 0 saturated carbocycles. The van der Waals surface area contributed by atoms with Gasteiger partial charge in [-0.25, -0.2) is 9.99 Å². The average molecular weight is 192 g/mol. The number of anilines is 1. The summed E-state index contributed by atoms with van der Waals surface area (Å²) in [5.41, 5.74) is 1.23. The Bertz CT molecular complexity index is 305. The van der Waals surface area contributed by atoms with Crippen molar-refractivity contribution in [2.24, 2.45) is 5.84 Å². The lowest BCUT2D eigenvalue weighted by atomic mass is 10.2. The van der Waals surface area contributed by atoms with Crippen LogP contribution in [0, 0.1) is 6.92 Å². The molecule has 0 unspecified atom stereocenters. The highest BCUT2D eigenvalue weighted by Crippen LogP contribution is 2.16. The Morgan fingerprint density at radius 1 is 1.29 bits per heavy atom. The highest BCUT2D eigenvalue weighted by Gasteiger charge is 2.16. The van der Waals surface area contributed by atoms with E-state index in [0.717, 1.165) is 32.0 Å². The molecule has 0 spiro atoms. The zero-order valence-corrected chi connectivity index (χ0v) is 8.48. The Kier molecular flexibility index (Phi) is 2.65. The number of rotatable bonds is 1. The van der Waals surface area contributed by atoms with E-state index in [1.54, 1.807) is 0 Å². The molecule has 1 aliphatic heterocycles. The minimum absolute atomic E-state index is 0.913. The van der Waals surface area contributed by atoms with Gasteiger partial charge in [-0.1, -0.05) is 6.07 Å². The maximum Gasteiger partial charge on any atom is 0.131 e. The van der Waals surface area contributed by atoms with E-state index >= 15 is 0 Å². The molecule has 2 rings (SSSR count). The third-order valence-corrected chi connectivity index (χ3v) is 2.60. The smallest absolute Gasteiger partial charge is 0.131 e. The maximum atomic E-state index is 5.70. The number of aromatic nitrogens is 1. The molecule has 0 bridgehead atoms. The Morgan fingerprint density at radius 3 is 2.64 bits per heavy atom. The van der Waals surface area contributed by atoms with E-state index in [2.05, 4.69) is 22.9 Å². The van der Waals surface area contributed by atoms with E-state index in [9.17, 15) is 0 Å². The molecule has 4 nitrogen and oxygen atoms in total. The Labute approximate surface area is 84.3 Å². The van der Waals surface area contributed by atoms with E-state index in [1.165, 1.54) is 5.56 Å². The molecule has 0 aromatic carbocycles. The van der Waals surface area contributed by atoms with E-state index in [-0.39, 0.29) is 0 Å². The van der Waals surface area contributed by atoms with Crippen molar-refractivity contribution in [3.8, 4) is 0 Å². The standard InChI is InChI=1S/C10H16N4/c1-9-3-2-4-12-10(9)13-5-7-14(11)8-6-13/h2-4H,5-8,11H2,1H3. The van der Waals surface area contributed by atoms with Crippen molar-refractivity contribution < 1.29 is 0 Å². The van der Waals surface area contributed by atoms with Crippen molar-refractivity contribution in [1.82, 2.24) is 9.99 Å². The van der Waals surface area contributed by atoms with Gasteiger partial charge in [0.05, 0.1) is 0 Å². The first-order valence-corrected chi connectivity index (χ1v) is 4.93. The molecule has 76 valence electrons. The first-order valence-electron chi connectivity index (χ1n) is 4.93. The third kappa shape index (κ3) is 1.86. The van der Waals surface area contributed by atoms with Gasteiger partial charge in [0.15, 0.2) is 0 Å². The number of aryl methyl sites for hydroxylation is 1. The monoisotopic (exact) mass is 192 g/mol. The molecule has 0 amide bonds. The van der Waals surface area contributed by atoms with E-state index < -0.39 is 0 Å². The second-order valence-electron chi connectivity index (χ2n) is 3.67. The Balaban J connectivity index is 2.12. The van der Waals surface area contributed by atoms with E-state index in [1.807, 2.05) is 17.3 Å². The fourth-order valence-corrected chi connectivity index (χ4v) is 1.74. The first kappa shape index (κ1) is 9.43. The molecule has 1 aromatic heterocycles. The molecule has 14 heavy (non-hydrogen) atoms. The second-order valence-corrected chi connectivity index (χ2v) is 3.67. The number of nitrogens with two attached hydrogens (primary N) is 1. The van der Waals surface area contributed by atoms with Gasteiger partial charge in [-0.15, -0.1) is 0 Å². The minimum atomic E-state index is 0.913. The zero-order chi connectivity index (χ0) is 9.97. The molecule has 1 aromatic rings. The first-order chi connectivity index (χ1) is 6.77. The number of hydrazine groups is 1. The van der Waals surface area contributed by atoms with E-state index in [4.69, 9.17) is 5.84 Å². The SMILES string of the molecule is Cc1cccnc1N1CCN(N)CC1. The lowest BCUT2D eigenvalue weighted by Gasteiger charge is -2.33. The molecule has 0 atom stereocenters. The maximum absolute atomic E-state index is 5.70. The third-order valence-electron chi connectivity index (χ3n) is 2.60. The van der Waals surface area contributed by atoms with Gasteiger partial charge in [0, 0.05) is 32.4 Å². The van der Waals surface area contributed by atoms with Crippen molar-refractivity contribution in [3.05, 3.63) is 23.9 Å². The number of nitrogens with zero attached hydrogens (tertiary/aromatic N) is 3. The van der Waals surface area contributed by atoms with Crippen LogP contribution in [0.5, 0.6) is 0 Å². The second kappa shape index (κ2) is 3.94. The number of hydrogen-bond acceptors (Lipinski definition) is 4. The van der Waals surface area contributed by atoms with Crippen LogP contribution in [0.1, 0.15) is 5.56 Å². The predicted molar refractivity (Wildman–Crippen MR) is 56.9 cm³/mol. The highest BCUT2D eigenvalue weighted by atomic mass is 15.4. The molecule has 4 heteroatoms. The topological polar surface area (TPSA) is 45.4 Å². The molecule has 0 radical (unpaired) electrons. The van der Waals surface area contributed by atoms with Crippen LogP contribution in [-0.2, 0) is 0 Å². The van der Waals surface area contributed by atoms with Crippen LogP contribution >= 0.6 is 0 Å². The normalized spacial score (nSPS) is 18.6. The molecular formula is C10H16N4. The molecule has 2 heterocycles. The van der Waals surface area contributed by atoms with Crippen LogP contribution in [0.3, 0.4) is 0 Å². The van der Waals surface area contributed by atoms with Gasteiger partial charge in [0.1, 0.15) is 5.82 Å².